The van der Waals surface area contributed by atoms with Crippen LogP contribution in [-0.4, -0.2) is 10.8 Å². The number of nitrogens with two attached hydrogens (primary N) is 1. The molecular weight excluding hydrogens is 198 g/mol. The van der Waals surface area contributed by atoms with Gasteiger partial charge in [-0.15, -0.1) is 0 Å². The van der Waals surface area contributed by atoms with E-state index >= 15 is 0 Å². The lowest BCUT2D eigenvalue weighted by Crippen LogP contribution is -2.10. The molecule has 0 amide bonds. The molecule has 0 radical (unpaired) electrons. The average molecular weight is 209 g/mol. The van der Waals surface area contributed by atoms with E-state index in [0.29, 0.717) is 0 Å². The zero-order valence-electron chi connectivity index (χ0n) is 8.62. The highest BCUT2D eigenvalue weighted by Gasteiger charge is 2.05. The smallest absolute Gasteiger partial charge is 0.122 e. The first-order valence-corrected chi connectivity index (χ1v) is 5.10. The molecule has 78 valence electrons. The van der Waals surface area contributed by atoms with Crippen LogP contribution in [0.25, 0.3) is 21.8 Å². The van der Waals surface area contributed by atoms with E-state index in [2.05, 4.69) is 11.1 Å². The zero-order valence-corrected chi connectivity index (χ0v) is 8.62. The van der Waals surface area contributed by atoms with Crippen LogP contribution in [-0.2, 0) is 0 Å². The van der Waals surface area contributed by atoms with Crippen LogP contribution in [0.1, 0.15) is 5.56 Å². The second kappa shape index (κ2) is 3.10. The molecule has 0 unspecified atom stereocenters. The molecule has 3 aromatic rings. The Hall–Kier alpha value is -2.29. The van der Waals surface area contributed by atoms with E-state index in [1.807, 2.05) is 36.4 Å². The summed E-state index contributed by atoms with van der Waals surface area (Å²) in [6.45, 7) is 0. The maximum atomic E-state index is 7.44. The Balaban J connectivity index is 2.44. The molecule has 0 spiro atoms. The number of para-hydroxylation sites is 1. The topological polar surface area (TPSA) is 65.7 Å². The third-order valence-electron chi connectivity index (χ3n) is 2.82. The molecule has 3 heteroatoms. The van der Waals surface area contributed by atoms with Crippen molar-refractivity contribution in [2.45, 2.75) is 0 Å². The summed E-state index contributed by atoms with van der Waals surface area (Å²) in [7, 11) is 0. The normalized spacial score (nSPS) is 11.0. The number of benzene rings is 2. The number of fused-ring (bicyclic) bond motifs is 3. The van der Waals surface area contributed by atoms with E-state index < -0.39 is 0 Å². The van der Waals surface area contributed by atoms with Gasteiger partial charge >= 0.3 is 0 Å². The highest BCUT2D eigenvalue weighted by atomic mass is 14.7. The summed E-state index contributed by atoms with van der Waals surface area (Å²) in [4.78, 5) is 3.33. The summed E-state index contributed by atoms with van der Waals surface area (Å²) in [5.74, 6) is 0.104. The van der Waals surface area contributed by atoms with E-state index in [-0.39, 0.29) is 5.84 Å². The summed E-state index contributed by atoms with van der Waals surface area (Å²) >= 11 is 0. The summed E-state index contributed by atoms with van der Waals surface area (Å²) in [6.07, 6.45) is 0. The number of aromatic amines is 1. The molecule has 1 aromatic heterocycles. The van der Waals surface area contributed by atoms with Crippen LogP contribution in [0, 0.1) is 5.41 Å². The fraction of sp³-hybridized carbons (Fsp3) is 0. The van der Waals surface area contributed by atoms with E-state index in [1.165, 1.54) is 5.39 Å². The first-order chi connectivity index (χ1) is 7.75. The SMILES string of the molecule is N=C(N)c1ccc2[nH]c3ccccc3c2c1. The molecule has 0 saturated heterocycles. The minimum absolute atomic E-state index is 0.104. The van der Waals surface area contributed by atoms with E-state index in [1.54, 1.807) is 0 Å². The van der Waals surface area contributed by atoms with Crippen LogP contribution in [0.3, 0.4) is 0 Å². The maximum absolute atomic E-state index is 7.44. The minimum Gasteiger partial charge on any atom is -0.384 e. The van der Waals surface area contributed by atoms with Gasteiger partial charge in [0.1, 0.15) is 5.84 Å². The predicted octanol–water partition coefficient (Wildman–Crippen LogP) is 2.61. The fourth-order valence-electron chi connectivity index (χ4n) is 2.02. The average Bonchev–Trinajstić information content (AvgIpc) is 2.66. The largest absolute Gasteiger partial charge is 0.384 e. The number of H-pyrrole nitrogens is 1. The summed E-state index contributed by atoms with van der Waals surface area (Å²) in [6, 6.07) is 13.9. The van der Waals surface area contributed by atoms with Crippen LogP contribution >= 0.6 is 0 Å². The highest BCUT2D eigenvalue weighted by Crippen LogP contribution is 2.25. The second-order valence-corrected chi connectivity index (χ2v) is 3.84. The lowest BCUT2D eigenvalue weighted by Gasteiger charge is -1.97. The Kier molecular flexibility index (Phi) is 1.74. The van der Waals surface area contributed by atoms with E-state index in [4.69, 9.17) is 11.1 Å². The van der Waals surface area contributed by atoms with Gasteiger partial charge in [0.05, 0.1) is 0 Å². The van der Waals surface area contributed by atoms with Gasteiger partial charge in [-0.25, -0.2) is 0 Å². The van der Waals surface area contributed by atoms with Crippen molar-refractivity contribution in [1.29, 1.82) is 5.41 Å². The first kappa shape index (κ1) is 8.97. The summed E-state index contributed by atoms with van der Waals surface area (Å²) < 4.78 is 0. The van der Waals surface area contributed by atoms with E-state index in [9.17, 15) is 0 Å². The van der Waals surface area contributed by atoms with Gasteiger partial charge in [0.2, 0.25) is 0 Å². The molecule has 4 N–H and O–H groups in total. The standard InChI is InChI=1S/C13H11N3/c14-13(15)8-5-6-12-10(7-8)9-3-1-2-4-11(9)16-12/h1-7,16H,(H3,14,15). The number of nitrogen functional groups attached to an aromatic ring is 1. The maximum Gasteiger partial charge on any atom is 0.122 e. The number of hydrogen-bond acceptors (Lipinski definition) is 1. The van der Waals surface area contributed by atoms with Crippen LogP contribution in [0.5, 0.6) is 0 Å². The lowest BCUT2D eigenvalue weighted by atomic mass is 10.1. The van der Waals surface area contributed by atoms with Crippen LogP contribution in [0.2, 0.25) is 0 Å². The molecule has 0 aliphatic rings. The Morgan fingerprint density at radius 1 is 1.00 bits per heavy atom. The van der Waals surface area contributed by atoms with Crippen molar-refractivity contribution >= 4 is 27.6 Å². The lowest BCUT2D eigenvalue weighted by molar-refractivity contribution is 1.43. The Bertz CT molecular complexity index is 695. The van der Waals surface area contributed by atoms with E-state index in [0.717, 1.165) is 22.0 Å². The zero-order chi connectivity index (χ0) is 11.1. The molecule has 16 heavy (non-hydrogen) atoms. The summed E-state index contributed by atoms with van der Waals surface area (Å²) in [5, 5.41) is 9.72. The van der Waals surface area contributed by atoms with Gasteiger partial charge in [-0.1, -0.05) is 18.2 Å². The van der Waals surface area contributed by atoms with Crippen LogP contribution in [0.4, 0.5) is 0 Å². The van der Waals surface area contributed by atoms with Crippen molar-refractivity contribution in [3.63, 3.8) is 0 Å². The number of aromatic nitrogens is 1. The molecule has 0 saturated carbocycles. The molecular formula is C13H11N3. The first-order valence-electron chi connectivity index (χ1n) is 5.10. The van der Waals surface area contributed by atoms with Gasteiger partial charge in [-0.05, 0) is 24.3 Å². The fourth-order valence-corrected chi connectivity index (χ4v) is 2.02. The quantitative estimate of drug-likeness (QED) is 0.418. The molecule has 1 heterocycles. The predicted molar refractivity (Wildman–Crippen MR) is 66.8 cm³/mol. The van der Waals surface area contributed by atoms with Crippen molar-refractivity contribution in [3.05, 3.63) is 48.0 Å². The van der Waals surface area contributed by atoms with Crippen LogP contribution in [0.15, 0.2) is 42.5 Å². The van der Waals surface area contributed by atoms with Gasteiger partial charge in [0.15, 0.2) is 0 Å². The molecule has 0 aliphatic carbocycles. The number of hydrogen-bond donors (Lipinski definition) is 3. The molecule has 3 rings (SSSR count). The van der Waals surface area contributed by atoms with Crippen LogP contribution < -0.4 is 5.73 Å². The van der Waals surface area contributed by atoms with Crippen molar-refractivity contribution < 1.29 is 0 Å². The van der Waals surface area contributed by atoms with Gasteiger partial charge in [-0.3, -0.25) is 5.41 Å². The Labute approximate surface area is 92.4 Å². The van der Waals surface area contributed by atoms with Gasteiger partial charge in [-0.2, -0.15) is 0 Å². The molecule has 0 atom stereocenters. The van der Waals surface area contributed by atoms with Crippen molar-refractivity contribution in [1.82, 2.24) is 4.98 Å². The van der Waals surface area contributed by atoms with Gasteiger partial charge in [0.25, 0.3) is 0 Å². The Morgan fingerprint density at radius 2 is 1.75 bits per heavy atom. The highest BCUT2D eigenvalue weighted by molar-refractivity contribution is 6.10. The number of amidine groups is 1. The molecule has 0 bridgehead atoms. The van der Waals surface area contributed by atoms with Crippen molar-refractivity contribution in [3.8, 4) is 0 Å². The molecule has 3 nitrogen and oxygen atoms in total. The Morgan fingerprint density at radius 3 is 2.56 bits per heavy atom. The second-order valence-electron chi connectivity index (χ2n) is 3.84. The van der Waals surface area contributed by atoms with Crippen molar-refractivity contribution in [2.24, 2.45) is 5.73 Å². The van der Waals surface area contributed by atoms with Gasteiger partial charge < -0.3 is 10.7 Å². The molecule has 2 aromatic carbocycles. The van der Waals surface area contributed by atoms with Crippen molar-refractivity contribution in [2.75, 3.05) is 0 Å². The third kappa shape index (κ3) is 1.18. The number of rotatable bonds is 1. The molecule has 0 fully saturated rings. The van der Waals surface area contributed by atoms with Gasteiger partial charge in [0, 0.05) is 27.4 Å². The minimum atomic E-state index is 0.104. The number of nitrogens with one attached hydrogen (secondary N) is 2. The monoisotopic (exact) mass is 209 g/mol. The molecule has 0 aliphatic heterocycles. The third-order valence-corrected chi connectivity index (χ3v) is 2.82. The summed E-state index contributed by atoms with van der Waals surface area (Å²) in [5.41, 5.74) is 8.44.